The monoisotopic (exact) mass is 220 g/mol. The van der Waals surface area contributed by atoms with Crippen LogP contribution < -0.4 is 5.32 Å². The van der Waals surface area contributed by atoms with Crippen molar-refractivity contribution in [2.24, 2.45) is 0 Å². The molecule has 0 saturated carbocycles. The van der Waals surface area contributed by atoms with Crippen molar-refractivity contribution < 1.29 is 13.2 Å². The van der Waals surface area contributed by atoms with E-state index < -0.39 is 12.6 Å². The largest absolute Gasteiger partial charge is 0.396 e. The van der Waals surface area contributed by atoms with Crippen LogP contribution >= 0.6 is 0 Å². The van der Waals surface area contributed by atoms with Crippen molar-refractivity contribution in [2.75, 3.05) is 6.54 Å². The Morgan fingerprint density at radius 2 is 2.20 bits per heavy atom. The minimum absolute atomic E-state index is 0.00542. The summed E-state index contributed by atoms with van der Waals surface area (Å²) in [6, 6.07) is -0.0340. The summed E-state index contributed by atoms with van der Waals surface area (Å²) >= 11 is 0. The summed E-state index contributed by atoms with van der Waals surface area (Å²) in [5, 5.41) is 10.5. The van der Waals surface area contributed by atoms with E-state index in [4.69, 9.17) is 0 Å². The van der Waals surface area contributed by atoms with Crippen molar-refractivity contribution in [1.82, 2.24) is 20.1 Å². The lowest BCUT2D eigenvalue weighted by Gasteiger charge is -2.22. The Bertz CT molecular complexity index is 357. The molecule has 0 fully saturated rings. The van der Waals surface area contributed by atoms with Gasteiger partial charge >= 0.3 is 6.18 Å². The summed E-state index contributed by atoms with van der Waals surface area (Å²) in [6.07, 6.45) is -5.23. The Morgan fingerprint density at radius 3 is 2.87 bits per heavy atom. The topological polar surface area (TPSA) is 42.7 Å². The molecule has 4 nitrogen and oxygen atoms in total. The van der Waals surface area contributed by atoms with E-state index in [1.165, 1.54) is 0 Å². The first-order valence-electron chi connectivity index (χ1n) is 4.69. The Labute approximate surface area is 84.5 Å². The molecule has 2 heterocycles. The van der Waals surface area contributed by atoms with Gasteiger partial charge in [0.2, 0.25) is 0 Å². The molecule has 1 atom stereocenters. The average molecular weight is 220 g/mol. The van der Waals surface area contributed by atoms with E-state index in [9.17, 15) is 13.2 Å². The molecule has 15 heavy (non-hydrogen) atoms. The van der Waals surface area contributed by atoms with Gasteiger partial charge in [-0.2, -0.15) is 13.2 Å². The van der Waals surface area contributed by atoms with Crippen molar-refractivity contribution in [3.05, 3.63) is 11.6 Å². The lowest BCUT2D eigenvalue weighted by Crippen LogP contribution is -2.33. The number of alkyl halides is 3. The third-order valence-corrected chi connectivity index (χ3v) is 2.39. The molecular weight excluding hydrogens is 209 g/mol. The van der Waals surface area contributed by atoms with Crippen LogP contribution in [0.15, 0.2) is 0 Å². The van der Waals surface area contributed by atoms with Gasteiger partial charge in [0.15, 0.2) is 0 Å². The molecule has 0 spiro atoms. The summed E-state index contributed by atoms with van der Waals surface area (Å²) in [5.41, 5.74) is 0. The van der Waals surface area contributed by atoms with Gasteiger partial charge in [-0.05, 0) is 6.92 Å². The molecule has 1 aliphatic rings. The van der Waals surface area contributed by atoms with Crippen molar-refractivity contribution in [2.45, 2.75) is 32.1 Å². The van der Waals surface area contributed by atoms with Crippen LogP contribution in [0, 0.1) is 0 Å². The maximum atomic E-state index is 12.2. The lowest BCUT2D eigenvalue weighted by molar-refractivity contribution is -0.129. The van der Waals surface area contributed by atoms with E-state index in [0.29, 0.717) is 18.9 Å². The molecule has 0 bridgehead atoms. The highest BCUT2D eigenvalue weighted by molar-refractivity contribution is 5.04. The molecule has 2 rings (SSSR count). The highest BCUT2D eigenvalue weighted by Crippen LogP contribution is 2.23. The number of nitrogens with one attached hydrogen (secondary N) is 1. The van der Waals surface area contributed by atoms with Crippen molar-refractivity contribution in [3.8, 4) is 0 Å². The average Bonchev–Trinajstić information content (AvgIpc) is 2.48. The SMILES string of the molecule is CC1NCCn2c(CC(F)(F)F)nnc21. The number of halogens is 3. The van der Waals surface area contributed by atoms with Crippen LogP contribution in [-0.2, 0) is 13.0 Å². The number of hydrogen-bond donors (Lipinski definition) is 1. The van der Waals surface area contributed by atoms with Crippen LogP contribution in [-0.4, -0.2) is 27.5 Å². The smallest absolute Gasteiger partial charge is 0.312 e. The minimum Gasteiger partial charge on any atom is -0.312 e. The molecular formula is C8H11F3N4. The van der Waals surface area contributed by atoms with Gasteiger partial charge in [-0.3, -0.25) is 0 Å². The van der Waals surface area contributed by atoms with Gasteiger partial charge in [0.25, 0.3) is 0 Å². The molecule has 1 aromatic heterocycles. The number of aromatic nitrogens is 3. The van der Waals surface area contributed by atoms with Gasteiger partial charge in [-0.25, -0.2) is 0 Å². The van der Waals surface area contributed by atoms with E-state index in [2.05, 4.69) is 15.5 Å². The van der Waals surface area contributed by atoms with Gasteiger partial charge in [0.05, 0.1) is 6.04 Å². The zero-order chi connectivity index (χ0) is 11.1. The standard InChI is InChI=1S/C8H11F3N4/c1-5-7-14-13-6(4-8(9,10)11)15(7)3-2-12-5/h5,12H,2-4H2,1H3. The Balaban J connectivity index is 2.27. The van der Waals surface area contributed by atoms with Crippen molar-refractivity contribution in [1.29, 1.82) is 0 Å². The van der Waals surface area contributed by atoms with Crippen LogP contribution in [0.5, 0.6) is 0 Å². The first-order valence-corrected chi connectivity index (χ1v) is 4.69. The Kier molecular flexibility index (Phi) is 2.41. The predicted molar refractivity (Wildman–Crippen MR) is 46.2 cm³/mol. The molecule has 0 amide bonds. The van der Waals surface area contributed by atoms with E-state index in [1.54, 1.807) is 4.57 Å². The molecule has 0 radical (unpaired) electrons. The summed E-state index contributed by atoms with van der Waals surface area (Å²) in [7, 11) is 0. The second-order valence-electron chi connectivity index (χ2n) is 3.59. The molecule has 1 N–H and O–H groups in total. The normalized spacial score (nSPS) is 21.5. The third kappa shape index (κ3) is 2.11. The van der Waals surface area contributed by atoms with Gasteiger partial charge in [0.1, 0.15) is 18.1 Å². The van der Waals surface area contributed by atoms with Gasteiger partial charge in [-0.1, -0.05) is 0 Å². The number of nitrogens with zero attached hydrogens (tertiary/aromatic N) is 3. The predicted octanol–water partition coefficient (Wildman–Crippen LogP) is 1.05. The van der Waals surface area contributed by atoms with Crippen LogP contribution in [0.1, 0.15) is 24.6 Å². The third-order valence-electron chi connectivity index (χ3n) is 2.39. The molecule has 7 heteroatoms. The summed E-state index contributed by atoms with van der Waals surface area (Å²) in [4.78, 5) is 0. The lowest BCUT2D eigenvalue weighted by atomic mass is 10.2. The van der Waals surface area contributed by atoms with E-state index >= 15 is 0 Å². The summed E-state index contributed by atoms with van der Waals surface area (Å²) in [6.45, 7) is 3.01. The zero-order valence-corrected chi connectivity index (χ0v) is 8.17. The molecule has 1 aliphatic heterocycles. The Morgan fingerprint density at radius 1 is 1.47 bits per heavy atom. The molecule has 84 valence electrons. The van der Waals surface area contributed by atoms with Crippen molar-refractivity contribution >= 4 is 0 Å². The second kappa shape index (κ2) is 3.48. The van der Waals surface area contributed by atoms with Crippen LogP contribution in [0.2, 0.25) is 0 Å². The maximum absolute atomic E-state index is 12.2. The zero-order valence-electron chi connectivity index (χ0n) is 8.17. The maximum Gasteiger partial charge on any atom is 0.396 e. The van der Waals surface area contributed by atoms with Crippen LogP contribution in [0.3, 0.4) is 0 Å². The molecule has 0 aromatic carbocycles. The molecule has 0 saturated heterocycles. The fourth-order valence-electron chi connectivity index (χ4n) is 1.71. The van der Waals surface area contributed by atoms with Crippen LogP contribution in [0.4, 0.5) is 13.2 Å². The van der Waals surface area contributed by atoms with Crippen LogP contribution in [0.25, 0.3) is 0 Å². The number of rotatable bonds is 1. The fraction of sp³-hybridized carbons (Fsp3) is 0.750. The molecule has 0 aliphatic carbocycles. The fourth-order valence-corrected chi connectivity index (χ4v) is 1.71. The molecule has 1 aromatic rings. The number of hydrogen-bond acceptors (Lipinski definition) is 3. The van der Waals surface area contributed by atoms with Gasteiger partial charge in [-0.15, -0.1) is 10.2 Å². The van der Waals surface area contributed by atoms with E-state index in [1.807, 2.05) is 6.92 Å². The highest BCUT2D eigenvalue weighted by Gasteiger charge is 2.32. The van der Waals surface area contributed by atoms with Gasteiger partial charge in [0, 0.05) is 13.1 Å². The van der Waals surface area contributed by atoms with Gasteiger partial charge < -0.3 is 9.88 Å². The first-order chi connectivity index (χ1) is 6.97. The van der Waals surface area contributed by atoms with E-state index in [0.717, 1.165) is 0 Å². The number of fused-ring (bicyclic) bond motifs is 1. The minimum atomic E-state index is -4.22. The van der Waals surface area contributed by atoms with E-state index in [-0.39, 0.29) is 11.9 Å². The highest BCUT2D eigenvalue weighted by atomic mass is 19.4. The summed E-state index contributed by atoms with van der Waals surface area (Å²) < 4.78 is 38.1. The van der Waals surface area contributed by atoms with Crippen molar-refractivity contribution in [3.63, 3.8) is 0 Å². The first kappa shape index (κ1) is 10.4. The second-order valence-corrected chi connectivity index (χ2v) is 3.59. The summed E-state index contributed by atoms with van der Waals surface area (Å²) in [5.74, 6) is 0.589. The quantitative estimate of drug-likeness (QED) is 0.769. The Hall–Kier alpha value is -1.11. The molecule has 1 unspecified atom stereocenters.